The minimum atomic E-state index is 0.320. The predicted octanol–water partition coefficient (Wildman–Crippen LogP) is 2.65. The molecule has 2 rings (SSSR count). The highest BCUT2D eigenvalue weighted by Gasteiger charge is 2.10. The van der Waals surface area contributed by atoms with E-state index in [1.54, 1.807) is 0 Å². The summed E-state index contributed by atoms with van der Waals surface area (Å²) in [5, 5.41) is 3.37. The van der Waals surface area contributed by atoms with Crippen molar-refractivity contribution in [1.29, 1.82) is 0 Å². The lowest BCUT2D eigenvalue weighted by Gasteiger charge is -2.18. The number of benzene rings is 1. The molecule has 0 spiro atoms. The number of pyridine rings is 1. The van der Waals surface area contributed by atoms with Crippen molar-refractivity contribution in [3.63, 3.8) is 0 Å². The van der Waals surface area contributed by atoms with Crippen molar-refractivity contribution in [1.82, 2.24) is 10.3 Å². The largest absolute Gasteiger partial charge is 0.378 e. The van der Waals surface area contributed by atoms with E-state index in [0.29, 0.717) is 6.04 Å². The van der Waals surface area contributed by atoms with Gasteiger partial charge in [-0.3, -0.25) is 4.98 Å². The van der Waals surface area contributed by atoms with E-state index >= 15 is 0 Å². The van der Waals surface area contributed by atoms with Crippen molar-refractivity contribution >= 4 is 5.69 Å². The van der Waals surface area contributed by atoms with Crippen molar-refractivity contribution in [2.75, 3.05) is 26.0 Å². The van der Waals surface area contributed by atoms with Crippen LogP contribution in [0.1, 0.15) is 17.2 Å². The van der Waals surface area contributed by atoms with Gasteiger partial charge in [-0.2, -0.15) is 0 Å². The summed E-state index contributed by atoms with van der Waals surface area (Å²) in [6, 6.07) is 13.1. The topological polar surface area (TPSA) is 28.2 Å². The number of anilines is 1. The standard InChI is InChI=1S/C16H21N3/c1-17-16(11-13-5-4-10-18-12-13)14-6-8-15(9-7-14)19(2)3/h4-10,12,16-17H,11H2,1-3H3. The number of likely N-dealkylation sites (N-methyl/N-ethyl adjacent to an activating group) is 1. The summed E-state index contributed by atoms with van der Waals surface area (Å²) < 4.78 is 0. The van der Waals surface area contributed by atoms with Gasteiger partial charge in [-0.25, -0.2) is 0 Å². The van der Waals surface area contributed by atoms with Crippen LogP contribution in [0.5, 0.6) is 0 Å². The van der Waals surface area contributed by atoms with Crippen molar-refractivity contribution in [2.45, 2.75) is 12.5 Å². The van der Waals surface area contributed by atoms with Crippen LogP contribution in [0.3, 0.4) is 0 Å². The summed E-state index contributed by atoms with van der Waals surface area (Å²) in [6.45, 7) is 0. The fourth-order valence-corrected chi connectivity index (χ4v) is 2.15. The Hall–Kier alpha value is -1.87. The maximum absolute atomic E-state index is 4.17. The molecule has 100 valence electrons. The highest BCUT2D eigenvalue weighted by molar-refractivity contribution is 5.46. The highest BCUT2D eigenvalue weighted by Crippen LogP contribution is 2.20. The summed E-state index contributed by atoms with van der Waals surface area (Å²) in [6.07, 6.45) is 4.69. The second kappa shape index (κ2) is 6.34. The van der Waals surface area contributed by atoms with Crippen molar-refractivity contribution < 1.29 is 0 Å². The van der Waals surface area contributed by atoms with Gasteiger partial charge in [0, 0.05) is 38.2 Å². The first-order valence-electron chi connectivity index (χ1n) is 6.54. The van der Waals surface area contributed by atoms with E-state index in [4.69, 9.17) is 0 Å². The second-order valence-corrected chi connectivity index (χ2v) is 4.89. The Balaban J connectivity index is 2.13. The van der Waals surface area contributed by atoms with Crippen LogP contribution in [0.4, 0.5) is 5.69 Å². The van der Waals surface area contributed by atoms with Gasteiger partial charge in [0.2, 0.25) is 0 Å². The average Bonchev–Trinajstić information content (AvgIpc) is 2.46. The predicted molar refractivity (Wildman–Crippen MR) is 80.5 cm³/mol. The molecule has 1 aromatic heterocycles. The number of nitrogens with zero attached hydrogens (tertiary/aromatic N) is 2. The summed E-state index contributed by atoms with van der Waals surface area (Å²) in [7, 11) is 6.11. The third-order valence-electron chi connectivity index (χ3n) is 3.32. The zero-order valence-corrected chi connectivity index (χ0v) is 11.8. The fraction of sp³-hybridized carbons (Fsp3) is 0.312. The number of hydrogen-bond donors (Lipinski definition) is 1. The van der Waals surface area contributed by atoms with Crippen LogP contribution in [0.15, 0.2) is 48.8 Å². The molecule has 1 unspecified atom stereocenters. The molecule has 0 aliphatic rings. The Morgan fingerprint density at radius 3 is 2.42 bits per heavy atom. The lowest BCUT2D eigenvalue weighted by molar-refractivity contribution is 0.591. The fourth-order valence-electron chi connectivity index (χ4n) is 2.15. The van der Waals surface area contributed by atoms with Crippen LogP contribution < -0.4 is 10.2 Å². The lowest BCUT2D eigenvalue weighted by Crippen LogP contribution is -2.19. The molecule has 0 saturated heterocycles. The summed E-state index contributed by atoms with van der Waals surface area (Å²) in [5.41, 5.74) is 3.77. The molecule has 19 heavy (non-hydrogen) atoms. The van der Waals surface area contributed by atoms with Crippen LogP contribution in [-0.4, -0.2) is 26.1 Å². The van der Waals surface area contributed by atoms with E-state index in [-0.39, 0.29) is 0 Å². The Morgan fingerprint density at radius 2 is 1.89 bits per heavy atom. The second-order valence-electron chi connectivity index (χ2n) is 4.89. The monoisotopic (exact) mass is 255 g/mol. The molecular formula is C16H21N3. The third kappa shape index (κ3) is 3.55. The van der Waals surface area contributed by atoms with E-state index in [1.165, 1.54) is 16.8 Å². The Labute approximate surface area is 115 Å². The average molecular weight is 255 g/mol. The van der Waals surface area contributed by atoms with Crippen molar-refractivity contribution in [2.24, 2.45) is 0 Å². The molecule has 1 atom stereocenters. The quantitative estimate of drug-likeness (QED) is 0.890. The molecule has 1 N–H and O–H groups in total. The van der Waals surface area contributed by atoms with Crippen molar-refractivity contribution in [3.05, 3.63) is 59.9 Å². The number of rotatable bonds is 5. The molecule has 0 bridgehead atoms. The minimum absolute atomic E-state index is 0.320. The Bertz CT molecular complexity index is 491. The molecule has 0 amide bonds. The van der Waals surface area contributed by atoms with Gasteiger partial charge in [-0.15, -0.1) is 0 Å². The molecule has 1 heterocycles. The molecule has 3 nitrogen and oxygen atoms in total. The third-order valence-corrected chi connectivity index (χ3v) is 3.32. The normalized spacial score (nSPS) is 12.2. The van der Waals surface area contributed by atoms with Gasteiger partial charge in [0.15, 0.2) is 0 Å². The Kier molecular flexibility index (Phi) is 4.53. The van der Waals surface area contributed by atoms with E-state index in [2.05, 4.69) is 59.6 Å². The van der Waals surface area contributed by atoms with Crippen LogP contribution in [0.2, 0.25) is 0 Å². The first-order valence-corrected chi connectivity index (χ1v) is 6.54. The molecule has 0 saturated carbocycles. The first kappa shape index (κ1) is 13.6. The molecule has 1 aromatic carbocycles. The molecule has 0 fully saturated rings. The molecule has 0 aliphatic heterocycles. The van der Waals surface area contributed by atoms with Crippen LogP contribution in [0, 0.1) is 0 Å². The van der Waals surface area contributed by atoms with Gasteiger partial charge in [0.1, 0.15) is 0 Å². The molecule has 3 heteroatoms. The van der Waals surface area contributed by atoms with Gasteiger partial charge in [0.05, 0.1) is 0 Å². The van der Waals surface area contributed by atoms with Crippen molar-refractivity contribution in [3.8, 4) is 0 Å². The Morgan fingerprint density at radius 1 is 1.16 bits per heavy atom. The minimum Gasteiger partial charge on any atom is -0.378 e. The van der Waals surface area contributed by atoms with Gasteiger partial charge >= 0.3 is 0 Å². The van der Waals surface area contributed by atoms with Crippen LogP contribution in [-0.2, 0) is 6.42 Å². The van der Waals surface area contributed by atoms with Gasteiger partial charge in [-0.1, -0.05) is 18.2 Å². The highest BCUT2D eigenvalue weighted by atomic mass is 15.1. The molecular weight excluding hydrogens is 234 g/mol. The van der Waals surface area contributed by atoms with Crippen LogP contribution in [0.25, 0.3) is 0 Å². The van der Waals surface area contributed by atoms with E-state index in [0.717, 1.165) is 6.42 Å². The van der Waals surface area contributed by atoms with Gasteiger partial charge in [-0.05, 0) is 42.8 Å². The SMILES string of the molecule is CNC(Cc1cccnc1)c1ccc(N(C)C)cc1. The van der Waals surface area contributed by atoms with Crippen LogP contribution >= 0.6 is 0 Å². The van der Waals surface area contributed by atoms with E-state index in [9.17, 15) is 0 Å². The molecule has 0 aliphatic carbocycles. The number of hydrogen-bond acceptors (Lipinski definition) is 3. The van der Waals surface area contributed by atoms with Gasteiger partial charge < -0.3 is 10.2 Å². The number of nitrogens with one attached hydrogen (secondary N) is 1. The summed E-state index contributed by atoms with van der Waals surface area (Å²) in [5.74, 6) is 0. The maximum Gasteiger partial charge on any atom is 0.0361 e. The summed E-state index contributed by atoms with van der Waals surface area (Å²) in [4.78, 5) is 6.28. The maximum atomic E-state index is 4.17. The first-order chi connectivity index (χ1) is 9.20. The zero-order valence-electron chi connectivity index (χ0n) is 11.8. The molecule has 2 aromatic rings. The van der Waals surface area contributed by atoms with E-state index in [1.807, 2.05) is 25.5 Å². The summed E-state index contributed by atoms with van der Waals surface area (Å²) >= 11 is 0. The van der Waals surface area contributed by atoms with E-state index < -0.39 is 0 Å². The lowest BCUT2D eigenvalue weighted by atomic mass is 10.00. The number of aromatic nitrogens is 1. The van der Waals surface area contributed by atoms with Gasteiger partial charge in [0.25, 0.3) is 0 Å². The smallest absolute Gasteiger partial charge is 0.0361 e. The molecule has 0 radical (unpaired) electrons. The zero-order chi connectivity index (χ0) is 13.7.